The Hall–Kier alpha value is -2.29. The topological polar surface area (TPSA) is 93.7 Å². The third kappa shape index (κ3) is 4.41. The van der Waals surface area contributed by atoms with Crippen molar-refractivity contribution in [3.8, 4) is 11.5 Å². The van der Waals surface area contributed by atoms with Gasteiger partial charge in [-0.05, 0) is 30.3 Å². The van der Waals surface area contributed by atoms with E-state index in [4.69, 9.17) is 21.1 Å². The van der Waals surface area contributed by atoms with Crippen LogP contribution in [0.4, 0.5) is 5.69 Å². The summed E-state index contributed by atoms with van der Waals surface area (Å²) in [6.45, 7) is 0.497. The van der Waals surface area contributed by atoms with Crippen molar-refractivity contribution < 1.29 is 22.7 Å². The third-order valence-corrected chi connectivity index (χ3v) is 4.99. The quantitative estimate of drug-likeness (QED) is 0.825. The molecule has 0 spiro atoms. The largest absolute Gasteiger partial charge is 0.486 e. The van der Waals surface area contributed by atoms with Gasteiger partial charge in [-0.3, -0.25) is 4.79 Å². The van der Waals surface area contributed by atoms with E-state index >= 15 is 0 Å². The van der Waals surface area contributed by atoms with Gasteiger partial charge in [0.05, 0.1) is 11.4 Å². The molecule has 2 aromatic carbocycles. The predicted octanol–water partition coefficient (Wildman–Crippen LogP) is 2.03. The molecule has 0 fully saturated rings. The van der Waals surface area contributed by atoms with Gasteiger partial charge in [-0.1, -0.05) is 17.7 Å². The summed E-state index contributed by atoms with van der Waals surface area (Å²) >= 11 is 5.79. The first-order valence-corrected chi connectivity index (χ1v) is 9.25. The summed E-state index contributed by atoms with van der Waals surface area (Å²) in [5.41, 5.74) is 0.483. The maximum atomic E-state index is 12.1. The van der Waals surface area contributed by atoms with Gasteiger partial charge in [0, 0.05) is 16.8 Å². The second kappa shape index (κ2) is 7.30. The van der Waals surface area contributed by atoms with Crippen molar-refractivity contribution in [2.24, 2.45) is 0 Å². The highest BCUT2D eigenvalue weighted by Crippen LogP contribution is 2.32. The zero-order chi connectivity index (χ0) is 17.9. The zero-order valence-electron chi connectivity index (χ0n) is 13.0. The second-order valence-corrected chi connectivity index (χ2v) is 7.39. The van der Waals surface area contributed by atoms with Crippen LogP contribution >= 0.6 is 11.6 Å². The average molecular weight is 383 g/mol. The highest BCUT2D eigenvalue weighted by atomic mass is 35.5. The lowest BCUT2D eigenvalue weighted by molar-refractivity contribution is -0.115. The molecule has 1 amide bonds. The van der Waals surface area contributed by atoms with Crippen LogP contribution in [0.2, 0.25) is 5.02 Å². The number of ether oxygens (including phenoxy) is 2. The SMILES string of the molecule is O=C(CNS(=O)(=O)c1cccc(Cl)c1)Nc1ccc2c(c1)OCCO2. The second-order valence-electron chi connectivity index (χ2n) is 5.19. The summed E-state index contributed by atoms with van der Waals surface area (Å²) in [6, 6.07) is 10.7. The molecule has 0 aromatic heterocycles. The van der Waals surface area contributed by atoms with Gasteiger partial charge < -0.3 is 14.8 Å². The van der Waals surface area contributed by atoms with E-state index in [0.717, 1.165) is 0 Å². The Kier molecular flexibility index (Phi) is 5.12. The predicted molar refractivity (Wildman–Crippen MR) is 92.7 cm³/mol. The first-order valence-electron chi connectivity index (χ1n) is 7.39. The maximum Gasteiger partial charge on any atom is 0.241 e. The van der Waals surface area contributed by atoms with Crippen molar-refractivity contribution in [2.75, 3.05) is 25.1 Å². The average Bonchev–Trinajstić information content (AvgIpc) is 2.60. The van der Waals surface area contributed by atoms with Crippen molar-refractivity contribution >= 4 is 33.2 Å². The normalized spacial score (nSPS) is 13.3. The van der Waals surface area contributed by atoms with Crippen LogP contribution in [-0.4, -0.2) is 34.1 Å². The Labute approximate surface area is 149 Å². The van der Waals surface area contributed by atoms with Crippen LogP contribution in [0.15, 0.2) is 47.4 Å². The lowest BCUT2D eigenvalue weighted by atomic mass is 10.2. The highest BCUT2D eigenvalue weighted by Gasteiger charge is 2.17. The molecule has 0 unspecified atom stereocenters. The van der Waals surface area contributed by atoms with Gasteiger partial charge in [-0.2, -0.15) is 0 Å². The number of carbonyl (C=O) groups is 1. The van der Waals surface area contributed by atoms with Crippen LogP contribution in [0.3, 0.4) is 0 Å². The number of anilines is 1. The van der Waals surface area contributed by atoms with Gasteiger partial charge in [-0.25, -0.2) is 13.1 Å². The monoisotopic (exact) mass is 382 g/mol. The van der Waals surface area contributed by atoms with E-state index in [0.29, 0.717) is 35.4 Å². The van der Waals surface area contributed by atoms with E-state index in [2.05, 4.69) is 10.0 Å². The summed E-state index contributed by atoms with van der Waals surface area (Å²) < 4.78 is 37.3. The molecule has 0 aliphatic carbocycles. The highest BCUT2D eigenvalue weighted by molar-refractivity contribution is 7.89. The fraction of sp³-hybridized carbons (Fsp3) is 0.188. The van der Waals surface area contributed by atoms with E-state index in [1.165, 1.54) is 18.2 Å². The molecule has 1 heterocycles. The summed E-state index contributed by atoms with van der Waals surface area (Å²) in [6.07, 6.45) is 0. The minimum absolute atomic E-state index is 0.00729. The summed E-state index contributed by atoms with van der Waals surface area (Å²) in [7, 11) is -3.82. The minimum atomic E-state index is -3.82. The number of rotatable bonds is 5. The molecule has 0 radical (unpaired) electrons. The van der Waals surface area contributed by atoms with E-state index in [1.807, 2.05) is 0 Å². The fourth-order valence-corrected chi connectivity index (χ4v) is 3.49. The van der Waals surface area contributed by atoms with Gasteiger partial charge in [0.1, 0.15) is 13.2 Å². The van der Waals surface area contributed by atoms with Gasteiger partial charge in [0.25, 0.3) is 0 Å². The standard InChI is InChI=1S/C16H15ClN2O5S/c17-11-2-1-3-13(8-11)25(21,22)18-10-16(20)19-12-4-5-14-15(9-12)24-7-6-23-14/h1-5,8-9,18H,6-7,10H2,(H,19,20). The van der Waals surface area contributed by atoms with E-state index in [9.17, 15) is 13.2 Å². The third-order valence-electron chi connectivity index (χ3n) is 3.36. The van der Waals surface area contributed by atoms with Crippen LogP contribution in [-0.2, 0) is 14.8 Å². The molecule has 25 heavy (non-hydrogen) atoms. The first kappa shape index (κ1) is 17.5. The van der Waals surface area contributed by atoms with E-state index in [-0.39, 0.29) is 4.90 Å². The fourth-order valence-electron chi connectivity index (χ4n) is 2.20. The molecule has 0 bridgehead atoms. The Bertz CT molecular complexity index is 901. The Morgan fingerprint density at radius 2 is 1.84 bits per heavy atom. The van der Waals surface area contributed by atoms with Crippen molar-refractivity contribution in [1.82, 2.24) is 4.72 Å². The summed E-state index contributed by atoms with van der Waals surface area (Å²) in [5.74, 6) is 0.622. The first-order chi connectivity index (χ1) is 11.9. The smallest absolute Gasteiger partial charge is 0.241 e. The number of hydrogen-bond donors (Lipinski definition) is 2. The van der Waals surface area contributed by atoms with Crippen molar-refractivity contribution in [3.05, 3.63) is 47.5 Å². The minimum Gasteiger partial charge on any atom is -0.486 e. The Balaban J connectivity index is 1.61. The summed E-state index contributed by atoms with van der Waals surface area (Å²) in [5, 5.41) is 2.89. The molecular formula is C16H15ClN2O5S. The van der Waals surface area contributed by atoms with Gasteiger partial charge in [0.2, 0.25) is 15.9 Å². The number of halogens is 1. The molecule has 2 N–H and O–H groups in total. The molecule has 132 valence electrons. The molecule has 9 heteroatoms. The van der Waals surface area contributed by atoms with Crippen LogP contribution in [0.5, 0.6) is 11.5 Å². The number of nitrogens with one attached hydrogen (secondary N) is 2. The molecule has 0 saturated carbocycles. The van der Waals surface area contributed by atoms with Crippen LogP contribution in [0, 0.1) is 0 Å². The maximum absolute atomic E-state index is 12.1. The number of carbonyl (C=O) groups excluding carboxylic acids is 1. The van der Waals surface area contributed by atoms with Crippen LogP contribution in [0.25, 0.3) is 0 Å². The number of benzene rings is 2. The number of sulfonamides is 1. The van der Waals surface area contributed by atoms with Gasteiger partial charge >= 0.3 is 0 Å². The molecule has 0 saturated heterocycles. The molecule has 2 aromatic rings. The lowest BCUT2D eigenvalue weighted by Gasteiger charge is -2.19. The van der Waals surface area contributed by atoms with E-state index in [1.54, 1.807) is 24.3 Å². The number of fused-ring (bicyclic) bond motifs is 1. The van der Waals surface area contributed by atoms with Crippen molar-refractivity contribution in [2.45, 2.75) is 4.90 Å². The lowest BCUT2D eigenvalue weighted by Crippen LogP contribution is -2.32. The molecule has 3 rings (SSSR count). The Morgan fingerprint density at radius 3 is 2.60 bits per heavy atom. The summed E-state index contributed by atoms with van der Waals surface area (Å²) in [4.78, 5) is 12.0. The molecule has 0 atom stereocenters. The van der Waals surface area contributed by atoms with Gasteiger partial charge in [0.15, 0.2) is 11.5 Å². The van der Waals surface area contributed by atoms with Crippen molar-refractivity contribution in [3.63, 3.8) is 0 Å². The van der Waals surface area contributed by atoms with Crippen LogP contribution < -0.4 is 19.5 Å². The van der Waals surface area contributed by atoms with Crippen molar-refractivity contribution in [1.29, 1.82) is 0 Å². The number of amides is 1. The Morgan fingerprint density at radius 1 is 1.08 bits per heavy atom. The molecular weight excluding hydrogens is 368 g/mol. The van der Waals surface area contributed by atoms with Crippen LogP contribution in [0.1, 0.15) is 0 Å². The zero-order valence-corrected chi connectivity index (χ0v) is 14.6. The van der Waals surface area contributed by atoms with E-state index < -0.39 is 22.5 Å². The molecule has 7 nitrogen and oxygen atoms in total. The van der Waals surface area contributed by atoms with Gasteiger partial charge in [-0.15, -0.1) is 0 Å². The molecule has 1 aliphatic rings. The molecule has 1 aliphatic heterocycles. The number of hydrogen-bond acceptors (Lipinski definition) is 5.